The highest BCUT2D eigenvalue weighted by molar-refractivity contribution is 7.58. The van der Waals surface area contributed by atoms with Gasteiger partial charge in [0.2, 0.25) is 0 Å². The molecular weight excluding hydrogens is 215 g/mol. The van der Waals surface area contributed by atoms with Crippen molar-refractivity contribution >= 4 is 7.60 Å². The number of rotatable bonds is 5. The lowest BCUT2D eigenvalue weighted by molar-refractivity contribution is 0.193. The molecule has 4 nitrogen and oxygen atoms in total. The van der Waals surface area contributed by atoms with Crippen molar-refractivity contribution < 1.29 is 18.3 Å². The Morgan fingerprint density at radius 1 is 1.40 bits per heavy atom. The summed E-state index contributed by atoms with van der Waals surface area (Å²) in [5, 5.41) is 0.476. The molecule has 0 bridgehead atoms. The summed E-state index contributed by atoms with van der Waals surface area (Å²) < 4.78 is 27.8. The maximum atomic E-state index is 12.2. The van der Waals surface area contributed by atoms with Gasteiger partial charge in [0.25, 0.3) is 0 Å². The van der Waals surface area contributed by atoms with Crippen molar-refractivity contribution in [2.45, 2.75) is 26.9 Å². The smallest absolute Gasteiger partial charge is 0.364 e. The van der Waals surface area contributed by atoms with Crippen molar-refractivity contribution in [3.8, 4) is 0 Å². The molecule has 5 heteroatoms. The van der Waals surface area contributed by atoms with Crippen molar-refractivity contribution in [2.24, 2.45) is 0 Å². The molecule has 1 aliphatic rings. The highest BCUT2D eigenvalue weighted by Crippen LogP contribution is 2.57. The molecule has 86 valence electrons. The summed E-state index contributed by atoms with van der Waals surface area (Å²) in [6.45, 7) is 6.15. The van der Waals surface area contributed by atoms with E-state index in [1.807, 2.05) is 13.0 Å². The molecule has 0 aliphatic carbocycles. The van der Waals surface area contributed by atoms with Crippen LogP contribution in [-0.2, 0) is 18.3 Å². The van der Waals surface area contributed by atoms with Crippen LogP contribution >= 0.6 is 7.60 Å². The molecule has 0 saturated heterocycles. The molecule has 15 heavy (non-hydrogen) atoms. The van der Waals surface area contributed by atoms with Gasteiger partial charge in [0.05, 0.1) is 24.8 Å². The van der Waals surface area contributed by atoms with Crippen molar-refractivity contribution in [1.29, 1.82) is 0 Å². The van der Waals surface area contributed by atoms with Crippen molar-refractivity contribution in [2.75, 3.05) is 13.2 Å². The standard InChI is InChI=1S/C10H17O4P/c1-4-13-15(11,14-5-2)10-7-6-9(3)12-8-10/h6-9H,4-5H2,1-3H3. The van der Waals surface area contributed by atoms with E-state index >= 15 is 0 Å². The third-order valence-electron chi connectivity index (χ3n) is 1.86. The fourth-order valence-electron chi connectivity index (χ4n) is 1.18. The van der Waals surface area contributed by atoms with E-state index in [1.54, 1.807) is 19.9 Å². The molecule has 1 atom stereocenters. The van der Waals surface area contributed by atoms with Crippen molar-refractivity contribution in [1.82, 2.24) is 0 Å². The largest absolute Gasteiger partial charge is 0.493 e. The van der Waals surface area contributed by atoms with Crippen LogP contribution in [0.5, 0.6) is 0 Å². The summed E-state index contributed by atoms with van der Waals surface area (Å²) in [7, 11) is -3.17. The van der Waals surface area contributed by atoms with Crippen LogP contribution in [0.3, 0.4) is 0 Å². The lowest BCUT2D eigenvalue weighted by atomic mass is 10.3. The van der Waals surface area contributed by atoms with Crippen LogP contribution in [0, 0.1) is 0 Å². The molecular formula is C10H17O4P. The van der Waals surface area contributed by atoms with E-state index in [1.165, 1.54) is 6.26 Å². The third-order valence-corrected chi connectivity index (χ3v) is 3.94. The Bertz CT molecular complexity index is 299. The zero-order valence-corrected chi connectivity index (χ0v) is 10.2. The topological polar surface area (TPSA) is 44.8 Å². The monoisotopic (exact) mass is 232 g/mol. The summed E-state index contributed by atoms with van der Waals surface area (Å²) in [5.41, 5.74) is 0. The van der Waals surface area contributed by atoms with Crippen molar-refractivity contribution in [3.63, 3.8) is 0 Å². The summed E-state index contributed by atoms with van der Waals surface area (Å²) in [6, 6.07) is 0. The average Bonchev–Trinajstić information content (AvgIpc) is 2.19. The highest BCUT2D eigenvalue weighted by Gasteiger charge is 2.29. The molecule has 0 aromatic heterocycles. The van der Waals surface area contributed by atoms with E-state index in [4.69, 9.17) is 13.8 Å². The second kappa shape index (κ2) is 5.50. The summed E-state index contributed by atoms with van der Waals surface area (Å²) in [5.74, 6) is 0. The van der Waals surface area contributed by atoms with Gasteiger partial charge in [-0.15, -0.1) is 0 Å². The minimum atomic E-state index is -3.17. The first kappa shape index (κ1) is 12.5. The van der Waals surface area contributed by atoms with Crippen LogP contribution in [0.4, 0.5) is 0 Å². The van der Waals surface area contributed by atoms with Gasteiger partial charge < -0.3 is 13.8 Å². The van der Waals surface area contributed by atoms with E-state index in [0.717, 1.165) is 0 Å². The number of allylic oxidation sites excluding steroid dienone is 2. The van der Waals surface area contributed by atoms with Gasteiger partial charge in [-0.1, -0.05) is 0 Å². The molecule has 0 spiro atoms. The van der Waals surface area contributed by atoms with E-state index in [-0.39, 0.29) is 6.10 Å². The Hall–Kier alpha value is -0.570. The second-order valence-corrected chi connectivity index (χ2v) is 5.10. The quantitative estimate of drug-likeness (QED) is 0.683. The Kier molecular flexibility index (Phi) is 4.58. The average molecular weight is 232 g/mol. The van der Waals surface area contributed by atoms with Gasteiger partial charge in [-0.05, 0) is 32.9 Å². The number of hydrogen-bond donors (Lipinski definition) is 0. The Labute approximate surface area is 90.4 Å². The molecule has 0 amide bonds. The fourth-order valence-corrected chi connectivity index (χ4v) is 2.69. The Morgan fingerprint density at radius 3 is 2.40 bits per heavy atom. The lowest BCUT2D eigenvalue weighted by Gasteiger charge is -2.21. The van der Waals surface area contributed by atoms with Crippen LogP contribution in [0.25, 0.3) is 0 Å². The predicted molar refractivity (Wildman–Crippen MR) is 58.6 cm³/mol. The molecule has 0 fully saturated rings. The molecule has 0 saturated carbocycles. The third kappa shape index (κ3) is 3.20. The van der Waals surface area contributed by atoms with Gasteiger partial charge in [0.1, 0.15) is 6.10 Å². The summed E-state index contributed by atoms with van der Waals surface area (Å²) >= 11 is 0. The van der Waals surface area contributed by atoms with Crippen LogP contribution in [0.2, 0.25) is 0 Å². The first-order valence-corrected chi connectivity index (χ1v) is 6.60. The second-order valence-electron chi connectivity index (χ2n) is 3.08. The molecule has 1 rings (SSSR count). The van der Waals surface area contributed by atoms with Crippen LogP contribution in [0.15, 0.2) is 23.7 Å². The molecule has 0 aromatic rings. The fraction of sp³-hybridized carbons (Fsp3) is 0.600. The number of ether oxygens (including phenoxy) is 1. The maximum Gasteiger partial charge on any atom is 0.364 e. The SMILES string of the molecule is CCOP(=O)(OCC)C1=COC(C)C=C1. The van der Waals surface area contributed by atoms with Gasteiger partial charge in [0, 0.05) is 0 Å². The van der Waals surface area contributed by atoms with Gasteiger partial charge >= 0.3 is 7.60 Å². The zero-order chi connectivity index (χ0) is 11.3. The first-order valence-electron chi connectivity index (χ1n) is 5.06. The van der Waals surface area contributed by atoms with Crippen molar-refractivity contribution in [3.05, 3.63) is 23.7 Å². The highest BCUT2D eigenvalue weighted by atomic mass is 31.2. The molecule has 0 N–H and O–H groups in total. The van der Waals surface area contributed by atoms with Crippen LogP contribution < -0.4 is 0 Å². The lowest BCUT2D eigenvalue weighted by Crippen LogP contribution is -2.06. The molecule has 1 unspecified atom stereocenters. The van der Waals surface area contributed by atoms with Gasteiger partial charge in [-0.3, -0.25) is 4.57 Å². The normalized spacial score (nSPS) is 21.0. The molecule has 0 radical (unpaired) electrons. The van der Waals surface area contributed by atoms with E-state index in [2.05, 4.69) is 0 Å². The van der Waals surface area contributed by atoms with E-state index in [9.17, 15) is 4.57 Å². The minimum absolute atomic E-state index is 0.00505. The van der Waals surface area contributed by atoms with E-state index in [0.29, 0.717) is 18.5 Å². The Balaban J connectivity index is 2.81. The van der Waals surface area contributed by atoms with Gasteiger partial charge in [0.15, 0.2) is 0 Å². The number of hydrogen-bond acceptors (Lipinski definition) is 4. The first-order chi connectivity index (χ1) is 7.12. The zero-order valence-electron chi connectivity index (χ0n) is 9.30. The predicted octanol–water partition coefficient (Wildman–Crippen LogP) is 3.07. The molecule has 1 aliphatic heterocycles. The van der Waals surface area contributed by atoms with Crippen LogP contribution in [-0.4, -0.2) is 19.3 Å². The maximum absolute atomic E-state index is 12.2. The van der Waals surface area contributed by atoms with E-state index < -0.39 is 7.60 Å². The molecule has 1 heterocycles. The Morgan fingerprint density at radius 2 is 2.00 bits per heavy atom. The van der Waals surface area contributed by atoms with Gasteiger partial charge in [-0.2, -0.15) is 0 Å². The van der Waals surface area contributed by atoms with Gasteiger partial charge in [-0.25, -0.2) is 0 Å². The summed E-state index contributed by atoms with van der Waals surface area (Å²) in [4.78, 5) is 0. The molecule has 0 aromatic carbocycles. The minimum Gasteiger partial charge on any atom is -0.493 e. The van der Waals surface area contributed by atoms with Crippen LogP contribution in [0.1, 0.15) is 20.8 Å². The summed E-state index contributed by atoms with van der Waals surface area (Å²) in [6.07, 6.45) is 5.02.